The van der Waals surface area contributed by atoms with E-state index in [0.717, 1.165) is 13.2 Å². The molecule has 1 saturated heterocycles. The van der Waals surface area contributed by atoms with E-state index in [9.17, 15) is 0 Å². The van der Waals surface area contributed by atoms with E-state index in [1.54, 1.807) is 21.3 Å². The van der Waals surface area contributed by atoms with Gasteiger partial charge in [-0.3, -0.25) is 0 Å². The quantitative estimate of drug-likeness (QED) is 0.611. The Bertz CT molecular complexity index is 70.4. The van der Waals surface area contributed by atoms with Gasteiger partial charge in [-0.25, -0.2) is 0 Å². The van der Waals surface area contributed by atoms with E-state index in [2.05, 4.69) is 0 Å². The Balaban J connectivity index is 0.000000211. The largest absolute Gasteiger partial charge is 0.483 e. The fourth-order valence-electron chi connectivity index (χ4n) is 0.799. The summed E-state index contributed by atoms with van der Waals surface area (Å²) in [5.41, 5.74) is 0. The van der Waals surface area contributed by atoms with Crippen LogP contribution in [-0.2, 0) is 18.0 Å². The van der Waals surface area contributed by atoms with Gasteiger partial charge in [0.1, 0.15) is 0 Å². The molecule has 0 bridgehead atoms. The fourth-order valence-corrected chi connectivity index (χ4v) is 1.38. The first kappa shape index (κ1) is 12.1. The highest BCUT2D eigenvalue weighted by Gasteiger charge is 2.04. The van der Waals surface area contributed by atoms with E-state index >= 15 is 0 Å². The zero-order chi connectivity index (χ0) is 9.23. The van der Waals surface area contributed by atoms with Crippen LogP contribution in [0.3, 0.4) is 0 Å². The van der Waals surface area contributed by atoms with Crippen molar-refractivity contribution in [3.05, 3.63) is 0 Å². The van der Waals surface area contributed by atoms with Crippen molar-refractivity contribution in [2.75, 3.05) is 34.5 Å². The van der Waals surface area contributed by atoms with Gasteiger partial charge >= 0.3 is 9.53 Å². The number of rotatable bonds is 3. The molecular formula is C7H18O4Si. The highest BCUT2D eigenvalue weighted by Crippen LogP contribution is 1.98. The van der Waals surface area contributed by atoms with Crippen molar-refractivity contribution in [1.29, 1.82) is 0 Å². The Labute approximate surface area is 75.7 Å². The van der Waals surface area contributed by atoms with E-state index in [1.807, 2.05) is 0 Å². The first-order chi connectivity index (χ1) is 5.85. The Kier molecular flexibility index (Phi) is 9.19. The molecule has 1 heterocycles. The lowest BCUT2D eigenvalue weighted by Gasteiger charge is -2.05. The molecule has 0 aromatic heterocycles. The van der Waals surface area contributed by atoms with Gasteiger partial charge in [-0.2, -0.15) is 0 Å². The lowest BCUT2D eigenvalue weighted by molar-refractivity contribution is 0.163. The molecule has 1 aliphatic rings. The molecule has 1 fully saturated rings. The third-order valence-electron chi connectivity index (χ3n) is 1.40. The van der Waals surface area contributed by atoms with Crippen LogP contribution in [0.25, 0.3) is 0 Å². The Morgan fingerprint density at radius 2 is 1.33 bits per heavy atom. The summed E-state index contributed by atoms with van der Waals surface area (Å²) in [5.74, 6) is 0. The summed E-state index contributed by atoms with van der Waals surface area (Å²) in [4.78, 5) is 0. The highest BCUT2D eigenvalue weighted by molar-refractivity contribution is 6.36. The maximum atomic E-state index is 4.94. The van der Waals surface area contributed by atoms with Crippen molar-refractivity contribution in [1.82, 2.24) is 0 Å². The molecule has 0 spiro atoms. The van der Waals surface area contributed by atoms with Crippen LogP contribution in [0.5, 0.6) is 0 Å². The molecule has 74 valence electrons. The standard InChI is InChI=1S/C4H8O.C3H10O3Si/c1-2-4-5-3-1;1-4-7(5-2)6-3/h1-4H2;7H,1-3H3. The Morgan fingerprint density at radius 3 is 1.42 bits per heavy atom. The molecule has 12 heavy (non-hydrogen) atoms. The van der Waals surface area contributed by atoms with E-state index in [1.165, 1.54) is 12.8 Å². The topological polar surface area (TPSA) is 36.9 Å². The molecule has 4 nitrogen and oxygen atoms in total. The number of ether oxygens (including phenoxy) is 1. The molecule has 1 rings (SSSR count). The molecule has 0 saturated carbocycles. The van der Waals surface area contributed by atoms with Crippen molar-refractivity contribution in [2.45, 2.75) is 12.8 Å². The summed E-state index contributed by atoms with van der Waals surface area (Å²) in [6.07, 6.45) is 2.56. The molecule has 1 aliphatic heterocycles. The Hall–Kier alpha value is 0.0569. The third-order valence-corrected chi connectivity index (χ3v) is 2.56. The maximum Gasteiger partial charge on any atom is 0.483 e. The minimum Gasteiger partial charge on any atom is -0.381 e. The predicted octanol–water partition coefficient (Wildman–Crippen LogP) is 0.440. The zero-order valence-electron chi connectivity index (χ0n) is 8.04. The molecule has 0 unspecified atom stereocenters. The molecule has 0 amide bonds. The molecule has 0 aliphatic carbocycles. The van der Waals surface area contributed by atoms with Gasteiger partial charge in [0.15, 0.2) is 0 Å². The summed E-state index contributed by atoms with van der Waals surface area (Å²) in [7, 11) is 3.05. The normalized spacial score (nSPS) is 16.0. The molecule has 0 aromatic carbocycles. The second kappa shape index (κ2) is 9.15. The van der Waals surface area contributed by atoms with Gasteiger partial charge < -0.3 is 18.0 Å². The first-order valence-corrected chi connectivity index (χ1v) is 5.42. The number of hydrogen-bond donors (Lipinski definition) is 0. The summed E-state index contributed by atoms with van der Waals surface area (Å²) >= 11 is 0. The second-order valence-corrected chi connectivity index (χ2v) is 4.31. The summed E-state index contributed by atoms with van der Waals surface area (Å²) in [6.45, 7) is 2.00. The van der Waals surface area contributed by atoms with Crippen LogP contribution in [0.2, 0.25) is 0 Å². The van der Waals surface area contributed by atoms with E-state index in [0.29, 0.717) is 0 Å². The SMILES string of the molecule is C1CCOC1.CO[SiH](OC)OC. The zero-order valence-corrected chi connectivity index (χ0v) is 9.19. The van der Waals surface area contributed by atoms with Gasteiger partial charge in [-0.1, -0.05) is 0 Å². The van der Waals surface area contributed by atoms with Gasteiger partial charge in [0.2, 0.25) is 0 Å². The average molecular weight is 194 g/mol. The van der Waals surface area contributed by atoms with Gasteiger partial charge in [-0.15, -0.1) is 0 Å². The van der Waals surface area contributed by atoms with Crippen molar-refractivity contribution < 1.29 is 18.0 Å². The third kappa shape index (κ3) is 6.75. The van der Waals surface area contributed by atoms with Gasteiger partial charge in [0.25, 0.3) is 0 Å². The summed E-state index contributed by atoms with van der Waals surface area (Å²) in [6, 6.07) is 0. The summed E-state index contributed by atoms with van der Waals surface area (Å²) in [5, 5.41) is 0. The van der Waals surface area contributed by atoms with E-state index in [4.69, 9.17) is 18.0 Å². The van der Waals surface area contributed by atoms with Crippen LogP contribution in [0, 0.1) is 0 Å². The van der Waals surface area contributed by atoms with Crippen LogP contribution < -0.4 is 0 Å². The van der Waals surface area contributed by atoms with Gasteiger partial charge in [0.05, 0.1) is 0 Å². The molecule has 0 aromatic rings. The van der Waals surface area contributed by atoms with Crippen LogP contribution in [0.1, 0.15) is 12.8 Å². The first-order valence-electron chi connectivity index (χ1n) is 4.01. The van der Waals surface area contributed by atoms with Crippen molar-refractivity contribution in [2.24, 2.45) is 0 Å². The molecule has 0 atom stereocenters. The van der Waals surface area contributed by atoms with E-state index < -0.39 is 9.53 Å². The van der Waals surface area contributed by atoms with Crippen molar-refractivity contribution in [3.63, 3.8) is 0 Å². The average Bonchev–Trinajstić information content (AvgIpc) is 2.64. The van der Waals surface area contributed by atoms with Crippen LogP contribution in [-0.4, -0.2) is 44.1 Å². The maximum absolute atomic E-state index is 4.94. The van der Waals surface area contributed by atoms with Crippen molar-refractivity contribution >= 4 is 9.53 Å². The number of hydrogen-bond acceptors (Lipinski definition) is 4. The van der Waals surface area contributed by atoms with Crippen LogP contribution in [0.4, 0.5) is 0 Å². The monoisotopic (exact) mass is 194 g/mol. The van der Waals surface area contributed by atoms with Crippen LogP contribution in [0.15, 0.2) is 0 Å². The summed E-state index contributed by atoms with van der Waals surface area (Å²) < 4.78 is 19.2. The van der Waals surface area contributed by atoms with Crippen LogP contribution >= 0.6 is 0 Å². The minimum absolute atomic E-state index is 1.00. The molecule has 0 N–H and O–H groups in total. The molecular weight excluding hydrogens is 176 g/mol. The highest BCUT2D eigenvalue weighted by atomic mass is 28.3. The predicted molar refractivity (Wildman–Crippen MR) is 48.2 cm³/mol. The lowest BCUT2D eigenvalue weighted by atomic mass is 10.4. The lowest BCUT2D eigenvalue weighted by Crippen LogP contribution is -2.21. The molecule has 5 heteroatoms. The Morgan fingerprint density at radius 1 is 0.917 bits per heavy atom. The smallest absolute Gasteiger partial charge is 0.381 e. The second-order valence-electron chi connectivity index (χ2n) is 2.32. The van der Waals surface area contributed by atoms with Gasteiger partial charge in [-0.05, 0) is 12.8 Å². The minimum atomic E-state index is -1.67. The van der Waals surface area contributed by atoms with E-state index in [-0.39, 0.29) is 0 Å². The van der Waals surface area contributed by atoms with Crippen molar-refractivity contribution in [3.8, 4) is 0 Å². The fraction of sp³-hybridized carbons (Fsp3) is 1.00. The van der Waals surface area contributed by atoms with Gasteiger partial charge in [0, 0.05) is 34.5 Å². The molecule has 0 radical (unpaired) electrons.